The Morgan fingerprint density at radius 1 is 1.09 bits per heavy atom. The molecule has 0 aliphatic carbocycles. The van der Waals surface area contributed by atoms with Crippen LogP contribution in [0.3, 0.4) is 0 Å². The van der Waals surface area contributed by atoms with Crippen LogP contribution in [0, 0.1) is 5.92 Å². The largest absolute Gasteiger partial charge is 0.332 e. The average Bonchev–Trinajstić information content (AvgIpc) is 2.04. The molecule has 1 nitrogen and oxygen atoms in total. The van der Waals surface area contributed by atoms with Crippen molar-refractivity contribution in [2.24, 2.45) is 5.92 Å². The molecule has 2 heterocycles. The molecule has 0 amide bonds. The summed E-state index contributed by atoms with van der Waals surface area (Å²) in [6.45, 7) is 5.34. The van der Waals surface area contributed by atoms with Crippen LogP contribution in [0.5, 0.6) is 0 Å². The van der Waals surface area contributed by atoms with Crippen LogP contribution in [0.25, 0.3) is 0 Å². The summed E-state index contributed by atoms with van der Waals surface area (Å²) >= 11 is 0. The summed E-state index contributed by atoms with van der Waals surface area (Å²) < 4.78 is 0. The third-order valence-electron chi connectivity index (χ3n) is 3.50. The number of fused-ring (bicyclic) bond motifs is 1. The quantitative estimate of drug-likeness (QED) is 0.528. The molecule has 0 aromatic heterocycles. The van der Waals surface area contributed by atoms with Crippen LogP contribution in [0.2, 0.25) is 0 Å². The molecule has 2 aliphatic heterocycles. The van der Waals surface area contributed by atoms with Gasteiger partial charge in [-0.25, -0.2) is 0 Å². The summed E-state index contributed by atoms with van der Waals surface area (Å²) in [5.74, 6) is 0.999. The predicted octanol–water partition coefficient (Wildman–Crippen LogP) is 0.854. The van der Waals surface area contributed by atoms with Gasteiger partial charge in [-0.05, 0) is 32.1 Å². The number of quaternary nitrogens is 1. The van der Waals surface area contributed by atoms with E-state index >= 15 is 0 Å². The molecule has 1 heteroatoms. The lowest BCUT2D eigenvalue weighted by molar-refractivity contribution is -0.939. The molecule has 2 fully saturated rings. The first-order valence-electron chi connectivity index (χ1n) is 5.21. The lowest BCUT2D eigenvalue weighted by Crippen LogP contribution is -3.18. The van der Waals surface area contributed by atoms with Gasteiger partial charge in [0.2, 0.25) is 0 Å². The second-order valence-corrected chi connectivity index (χ2v) is 4.49. The van der Waals surface area contributed by atoms with Crippen LogP contribution in [0.4, 0.5) is 0 Å². The Bertz CT molecular complexity index is 133. The first kappa shape index (κ1) is 7.60. The first-order chi connectivity index (χ1) is 5.36. The predicted molar refractivity (Wildman–Crippen MR) is 46.7 cm³/mol. The zero-order chi connectivity index (χ0) is 7.68. The highest BCUT2D eigenvalue weighted by molar-refractivity contribution is 4.68. The van der Waals surface area contributed by atoms with E-state index < -0.39 is 0 Å². The van der Waals surface area contributed by atoms with Crippen LogP contribution >= 0.6 is 0 Å². The molecule has 0 bridgehead atoms. The summed E-state index contributed by atoms with van der Waals surface area (Å²) in [4.78, 5) is 1.93. The highest BCUT2D eigenvalue weighted by atomic mass is 15.2. The van der Waals surface area contributed by atoms with Crippen molar-refractivity contribution in [1.82, 2.24) is 0 Å². The van der Waals surface area contributed by atoms with E-state index in [2.05, 4.69) is 6.92 Å². The maximum atomic E-state index is 2.41. The van der Waals surface area contributed by atoms with Gasteiger partial charge in [-0.3, -0.25) is 0 Å². The van der Waals surface area contributed by atoms with E-state index in [1.807, 2.05) is 4.90 Å². The maximum absolute atomic E-state index is 2.41. The number of hydrogen-bond acceptors (Lipinski definition) is 0. The van der Waals surface area contributed by atoms with Gasteiger partial charge >= 0.3 is 0 Å². The fourth-order valence-electron chi connectivity index (χ4n) is 2.80. The zero-order valence-corrected chi connectivity index (χ0v) is 7.60. The van der Waals surface area contributed by atoms with Crippen molar-refractivity contribution in [3.63, 3.8) is 0 Å². The normalized spacial score (nSPS) is 45.0. The van der Waals surface area contributed by atoms with E-state index in [1.165, 1.54) is 45.2 Å². The fraction of sp³-hybridized carbons (Fsp3) is 1.00. The van der Waals surface area contributed by atoms with E-state index in [4.69, 9.17) is 0 Å². The molecule has 1 N–H and O–H groups in total. The second kappa shape index (κ2) is 3.14. The molecule has 0 aromatic rings. The van der Waals surface area contributed by atoms with Gasteiger partial charge in [-0.1, -0.05) is 6.92 Å². The second-order valence-electron chi connectivity index (χ2n) is 4.49. The summed E-state index contributed by atoms with van der Waals surface area (Å²) in [7, 11) is 0. The molecular weight excluding hydrogens is 134 g/mol. The number of rotatable bonds is 0. The van der Waals surface area contributed by atoms with Crippen molar-refractivity contribution in [2.75, 3.05) is 13.1 Å². The van der Waals surface area contributed by atoms with Crippen LogP contribution in [0.15, 0.2) is 0 Å². The van der Waals surface area contributed by atoms with Crippen LogP contribution in [-0.4, -0.2) is 19.1 Å². The van der Waals surface area contributed by atoms with Gasteiger partial charge in [0.15, 0.2) is 0 Å². The number of hydrogen-bond donors (Lipinski definition) is 1. The smallest absolute Gasteiger partial charge is 0.0874 e. The van der Waals surface area contributed by atoms with Gasteiger partial charge in [-0.15, -0.1) is 0 Å². The van der Waals surface area contributed by atoms with Crippen LogP contribution in [-0.2, 0) is 0 Å². The van der Waals surface area contributed by atoms with Gasteiger partial charge in [0.25, 0.3) is 0 Å². The molecule has 64 valence electrons. The van der Waals surface area contributed by atoms with E-state index in [0.29, 0.717) is 0 Å². The molecule has 11 heavy (non-hydrogen) atoms. The van der Waals surface area contributed by atoms with Crippen molar-refractivity contribution in [2.45, 2.75) is 45.1 Å². The summed E-state index contributed by atoms with van der Waals surface area (Å²) in [6.07, 6.45) is 7.51. The van der Waals surface area contributed by atoms with Gasteiger partial charge < -0.3 is 4.90 Å². The van der Waals surface area contributed by atoms with Crippen molar-refractivity contribution in [1.29, 1.82) is 0 Å². The molecule has 0 radical (unpaired) electrons. The van der Waals surface area contributed by atoms with Crippen molar-refractivity contribution in [3.8, 4) is 0 Å². The Morgan fingerprint density at radius 2 is 2.00 bits per heavy atom. The lowest BCUT2D eigenvalue weighted by atomic mass is 9.88. The molecular formula is C10H20N+. The van der Waals surface area contributed by atoms with E-state index in [0.717, 1.165) is 12.0 Å². The fourth-order valence-corrected chi connectivity index (χ4v) is 2.80. The highest BCUT2D eigenvalue weighted by Gasteiger charge is 2.31. The summed E-state index contributed by atoms with van der Waals surface area (Å²) in [6, 6.07) is 1.06. The number of piperidine rings is 2. The van der Waals surface area contributed by atoms with Crippen LogP contribution in [0.1, 0.15) is 39.0 Å². The SMILES string of the molecule is C[C@@H]1CC[C@H]2CCCC[NH+]2C1. The summed E-state index contributed by atoms with van der Waals surface area (Å²) in [5, 5.41) is 0. The monoisotopic (exact) mass is 154 g/mol. The Labute approximate surface area is 69.8 Å². The third-order valence-corrected chi connectivity index (χ3v) is 3.50. The van der Waals surface area contributed by atoms with Gasteiger partial charge in [0.05, 0.1) is 19.1 Å². The Morgan fingerprint density at radius 3 is 2.91 bits per heavy atom. The maximum Gasteiger partial charge on any atom is 0.0874 e. The van der Waals surface area contributed by atoms with Gasteiger partial charge in [-0.2, -0.15) is 0 Å². The Balaban J connectivity index is 1.93. The van der Waals surface area contributed by atoms with E-state index in [1.54, 1.807) is 0 Å². The molecule has 3 atom stereocenters. The summed E-state index contributed by atoms with van der Waals surface area (Å²) in [5.41, 5.74) is 0. The van der Waals surface area contributed by atoms with Gasteiger partial charge in [0.1, 0.15) is 0 Å². The number of nitrogens with one attached hydrogen (secondary N) is 1. The minimum absolute atomic E-state index is 0.999. The highest BCUT2D eigenvalue weighted by Crippen LogP contribution is 2.16. The van der Waals surface area contributed by atoms with Crippen molar-refractivity contribution in [3.05, 3.63) is 0 Å². The minimum Gasteiger partial charge on any atom is -0.332 e. The first-order valence-corrected chi connectivity index (χ1v) is 5.21. The molecule has 0 spiro atoms. The van der Waals surface area contributed by atoms with Crippen molar-refractivity contribution >= 4 is 0 Å². The minimum atomic E-state index is 0.999. The zero-order valence-electron chi connectivity index (χ0n) is 7.60. The molecule has 1 unspecified atom stereocenters. The van der Waals surface area contributed by atoms with Gasteiger partial charge in [0, 0.05) is 5.92 Å². The average molecular weight is 154 g/mol. The molecule has 0 saturated carbocycles. The Kier molecular flexibility index (Phi) is 2.17. The van der Waals surface area contributed by atoms with Crippen molar-refractivity contribution < 1.29 is 4.90 Å². The molecule has 2 rings (SSSR count). The third kappa shape index (κ3) is 1.58. The molecule has 2 aliphatic rings. The lowest BCUT2D eigenvalue weighted by Gasteiger charge is -2.38. The van der Waals surface area contributed by atoms with E-state index in [-0.39, 0.29) is 0 Å². The molecule has 0 aromatic carbocycles. The Hall–Kier alpha value is -0.0400. The standard InChI is InChI=1S/C10H19N/c1-9-5-6-10-4-2-3-7-11(10)8-9/h9-10H,2-8H2,1H3/p+1/t9-,10-/m1/s1. The van der Waals surface area contributed by atoms with E-state index in [9.17, 15) is 0 Å². The molecule has 2 saturated heterocycles. The van der Waals surface area contributed by atoms with Crippen LogP contribution < -0.4 is 4.90 Å². The topological polar surface area (TPSA) is 4.44 Å².